The maximum absolute atomic E-state index is 12.5. The summed E-state index contributed by atoms with van der Waals surface area (Å²) in [5.41, 5.74) is 3.79. The first-order valence-electron chi connectivity index (χ1n) is 9.57. The number of benzene rings is 4. The number of fused-ring (bicyclic) bond motifs is 1. The fraction of sp³-hybridized carbons (Fsp3) is 0. The number of hydrogen-bond donors (Lipinski definition) is 4. The first-order chi connectivity index (χ1) is 16.1. The van der Waals surface area contributed by atoms with Crippen LogP contribution in [0.2, 0.25) is 5.02 Å². The Bertz CT molecular complexity index is 1760. The van der Waals surface area contributed by atoms with Crippen LogP contribution in [0.15, 0.2) is 91.4 Å². The van der Waals surface area contributed by atoms with Gasteiger partial charge >= 0.3 is 0 Å². The molecule has 34 heavy (non-hydrogen) atoms. The zero-order valence-corrected chi connectivity index (χ0v) is 18.6. The maximum atomic E-state index is 12.5. The Labute approximate surface area is 196 Å². The van der Waals surface area contributed by atoms with Gasteiger partial charge in [0.1, 0.15) is 21.4 Å². The molecule has 12 heteroatoms. The van der Waals surface area contributed by atoms with Crippen LogP contribution in [0.3, 0.4) is 0 Å². The Hall–Kier alpha value is -4.06. The van der Waals surface area contributed by atoms with Crippen LogP contribution in [-0.4, -0.2) is 18.1 Å². The highest BCUT2D eigenvalue weighted by Crippen LogP contribution is 2.29. The quantitative estimate of drug-likeness (QED) is 0.140. The summed E-state index contributed by atoms with van der Waals surface area (Å²) < 4.78 is 32.7. The molecule has 4 aromatic rings. The molecule has 0 aliphatic carbocycles. The Morgan fingerprint density at radius 2 is 1.35 bits per heavy atom. The third-order valence-electron chi connectivity index (χ3n) is 4.78. The molecule has 0 amide bonds. The van der Waals surface area contributed by atoms with E-state index in [2.05, 4.69) is 21.1 Å². The molecule has 172 valence electrons. The number of nitrogens with zero attached hydrogens (tertiary/aromatic N) is 2. The van der Waals surface area contributed by atoms with Crippen LogP contribution < -0.4 is 32.4 Å². The van der Waals surface area contributed by atoms with E-state index in [1.165, 1.54) is 48.5 Å². The Morgan fingerprint density at radius 3 is 1.97 bits per heavy atom. The van der Waals surface area contributed by atoms with Gasteiger partial charge in [-0.15, -0.1) is 0 Å². The topological polar surface area (TPSA) is 158 Å². The number of phenols is 1. The molecule has 4 rings (SSSR count). The summed E-state index contributed by atoms with van der Waals surface area (Å²) in [6, 6.07) is 15.7. The summed E-state index contributed by atoms with van der Waals surface area (Å²) in [5.74, 6) is -0.147. The van der Waals surface area contributed by atoms with Crippen molar-refractivity contribution in [2.75, 3.05) is 10.9 Å². The highest BCUT2D eigenvalue weighted by atomic mass is 35.5. The maximum Gasteiger partial charge on any atom is 0.295 e. The van der Waals surface area contributed by atoms with Gasteiger partial charge in [-0.25, -0.2) is 0 Å². The van der Waals surface area contributed by atoms with Gasteiger partial charge in [0.25, 0.3) is 21.0 Å². The van der Waals surface area contributed by atoms with E-state index in [0.29, 0.717) is 16.1 Å². The smallest absolute Gasteiger partial charge is 0.295 e. The van der Waals surface area contributed by atoms with E-state index in [1.54, 1.807) is 18.2 Å². The van der Waals surface area contributed by atoms with E-state index in [4.69, 9.17) is 11.6 Å². The van der Waals surface area contributed by atoms with Gasteiger partial charge in [0.15, 0.2) is 0 Å². The van der Waals surface area contributed by atoms with Gasteiger partial charge in [-0.2, -0.15) is 18.6 Å². The van der Waals surface area contributed by atoms with Gasteiger partial charge in [-0.05, 0) is 42.5 Å². The molecular formula is C22H15ClN4O6S. The summed E-state index contributed by atoms with van der Waals surface area (Å²) >= 11 is 5.86. The third kappa shape index (κ3) is 4.66. The lowest BCUT2D eigenvalue weighted by Gasteiger charge is -2.08. The molecule has 0 unspecified atom stereocenters. The van der Waals surface area contributed by atoms with E-state index in [9.17, 15) is 27.7 Å². The number of halogens is 1. The molecule has 0 aliphatic rings. The van der Waals surface area contributed by atoms with E-state index in [0.717, 1.165) is 0 Å². The molecule has 0 aliphatic heterocycles. The van der Waals surface area contributed by atoms with Crippen molar-refractivity contribution in [1.29, 1.82) is 0 Å². The summed E-state index contributed by atoms with van der Waals surface area (Å²) in [6.07, 6.45) is 0. The van der Waals surface area contributed by atoms with Crippen molar-refractivity contribution in [2.24, 2.45) is 10.2 Å². The number of nitrogens with one attached hydrogen (secondary N) is 2. The lowest BCUT2D eigenvalue weighted by atomic mass is 10.1. The molecule has 10 nitrogen and oxygen atoms in total. The van der Waals surface area contributed by atoms with E-state index < -0.39 is 21.0 Å². The molecule has 4 aromatic carbocycles. The van der Waals surface area contributed by atoms with E-state index >= 15 is 0 Å². The highest BCUT2D eigenvalue weighted by molar-refractivity contribution is 7.86. The molecule has 0 spiro atoms. The zero-order valence-electron chi connectivity index (χ0n) is 17.1. The molecule has 0 saturated carbocycles. The first kappa shape index (κ1) is 23.1. The minimum atomic E-state index is -4.45. The number of phenolic OH excluding ortho intramolecular Hbond substituents is 1. The van der Waals surface area contributed by atoms with E-state index in [-0.39, 0.29) is 32.4 Å². The van der Waals surface area contributed by atoms with Gasteiger partial charge in [0.05, 0.1) is 11.4 Å². The van der Waals surface area contributed by atoms with Crippen molar-refractivity contribution in [3.8, 4) is 5.75 Å². The predicted molar refractivity (Wildman–Crippen MR) is 127 cm³/mol. The normalized spacial score (nSPS) is 12.8. The molecule has 0 saturated heterocycles. The van der Waals surface area contributed by atoms with Crippen LogP contribution in [0, 0.1) is 0 Å². The second-order valence-electron chi connectivity index (χ2n) is 7.00. The molecule has 0 radical (unpaired) electrons. The van der Waals surface area contributed by atoms with Gasteiger partial charge in [-0.1, -0.05) is 35.9 Å². The predicted octanol–water partition coefficient (Wildman–Crippen LogP) is 1.90. The molecule has 0 heterocycles. The van der Waals surface area contributed by atoms with Gasteiger partial charge in [-0.3, -0.25) is 25.0 Å². The van der Waals surface area contributed by atoms with Gasteiger partial charge < -0.3 is 5.11 Å². The van der Waals surface area contributed by atoms with Crippen molar-refractivity contribution < 1.29 is 18.1 Å². The summed E-state index contributed by atoms with van der Waals surface area (Å²) in [6.45, 7) is 0. The van der Waals surface area contributed by atoms with Gasteiger partial charge in [0.2, 0.25) is 0 Å². The highest BCUT2D eigenvalue weighted by Gasteiger charge is 2.15. The zero-order chi connectivity index (χ0) is 24.5. The Morgan fingerprint density at radius 1 is 0.765 bits per heavy atom. The van der Waals surface area contributed by atoms with Crippen LogP contribution >= 0.6 is 11.6 Å². The van der Waals surface area contributed by atoms with E-state index in [1.807, 2.05) is 0 Å². The Balaban J connectivity index is 1.70. The van der Waals surface area contributed by atoms with Crippen molar-refractivity contribution in [3.63, 3.8) is 0 Å². The monoisotopic (exact) mass is 498 g/mol. The molecule has 4 N–H and O–H groups in total. The van der Waals surface area contributed by atoms with Crippen molar-refractivity contribution >= 4 is 43.9 Å². The van der Waals surface area contributed by atoms with Crippen molar-refractivity contribution in [1.82, 2.24) is 0 Å². The largest absolute Gasteiger partial charge is 0.506 e. The molecule has 0 bridgehead atoms. The Kier molecular flexibility index (Phi) is 6.16. The average molecular weight is 499 g/mol. The molecule has 0 fully saturated rings. The number of anilines is 2. The molecule has 0 aromatic heterocycles. The van der Waals surface area contributed by atoms with Crippen molar-refractivity contribution in [2.45, 2.75) is 4.90 Å². The lowest BCUT2D eigenvalue weighted by molar-refractivity contribution is 0.477. The number of hydrogen-bond acceptors (Lipinski definition) is 9. The number of aromatic hydroxyl groups is 1. The minimum Gasteiger partial charge on any atom is -0.506 e. The fourth-order valence-electron chi connectivity index (χ4n) is 3.15. The second-order valence-corrected chi connectivity index (χ2v) is 8.83. The van der Waals surface area contributed by atoms with Crippen LogP contribution in [0.1, 0.15) is 0 Å². The van der Waals surface area contributed by atoms with Crippen LogP contribution in [0.25, 0.3) is 10.8 Å². The van der Waals surface area contributed by atoms with Crippen LogP contribution in [0.4, 0.5) is 11.4 Å². The number of rotatable bonds is 5. The van der Waals surface area contributed by atoms with Crippen LogP contribution in [-0.2, 0) is 10.1 Å². The second kappa shape index (κ2) is 9.06. The summed E-state index contributed by atoms with van der Waals surface area (Å²) in [7, 11) is -4.45. The van der Waals surface area contributed by atoms with Gasteiger partial charge in [0, 0.05) is 15.8 Å². The molecular weight excluding hydrogens is 484 g/mol. The third-order valence-corrected chi connectivity index (χ3v) is 5.93. The van der Waals surface area contributed by atoms with Crippen LogP contribution in [0.5, 0.6) is 5.75 Å². The average Bonchev–Trinajstić information content (AvgIpc) is 2.80. The first-order valence-corrected chi connectivity index (χ1v) is 11.4. The lowest BCUT2D eigenvalue weighted by Crippen LogP contribution is -2.47. The minimum absolute atomic E-state index is 0.147. The summed E-state index contributed by atoms with van der Waals surface area (Å²) in [4.78, 5) is 24.6. The molecule has 0 atom stereocenters. The standard InChI is InChI=1S/C22H15ClN4O6S/c23-12-5-9-19(28)18(11-12)27-26-17-7-6-16(21(29)22(17)30)25-24-15-8-10-20(34(31,32)33)14-4-2-1-3-13(14)15/h1-11,24,27-28H,(H,31,32,33)/b25-16-,26-17+. The SMILES string of the molecule is O=c1c(=O)/c(=N/Nc2cc(Cl)ccc2O)cc/c1=N/Nc1ccc(S(=O)(=O)O)c2ccccc12. The summed E-state index contributed by atoms with van der Waals surface area (Å²) in [5, 5.41) is 18.2. The fourth-order valence-corrected chi connectivity index (χ4v) is 4.02. The van der Waals surface area contributed by atoms with Crippen molar-refractivity contribution in [3.05, 3.63) is 103 Å².